The Kier molecular flexibility index (Phi) is 3.41. The van der Waals surface area contributed by atoms with E-state index in [1.54, 1.807) is 0 Å². The van der Waals surface area contributed by atoms with Crippen LogP contribution in [0.15, 0.2) is 0 Å². The third-order valence-electron chi connectivity index (χ3n) is 5.19. The Morgan fingerprint density at radius 3 is 2.72 bits per heavy atom. The summed E-state index contributed by atoms with van der Waals surface area (Å²) in [5.74, 6) is 0.774. The highest BCUT2D eigenvalue weighted by Crippen LogP contribution is 2.39. The maximum absolute atomic E-state index is 5.56. The summed E-state index contributed by atoms with van der Waals surface area (Å²) in [5.41, 5.74) is 0.741. The molecule has 1 atom stereocenters. The van der Waals surface area contributed by atoms with Crippen molar-refractivity contribution in [3.8, 4) is 0 Å². The predicted octanol–water partition coefficient (Wildman–Crippen LogP) is 2.02. The van der Waals surface area contributed by atoms with Crippen molar-refractivity contribution >= 4 is 0 Å². The van der Waals surface area contributed by atoms with Crippen LogP contribution < -0.4 is 5.32 Å². The maximum Gasteiger partial charge on any atom is 0.0507 e. The van der Waals surface area contributed by atoms with Crippen LogP contribution in [0.1, 0.15) is 46.0 Å². The first-order valence-electron chi connectivity index (χ1n) is 7.68. The molecule has 0 aromatic rings. The van der Waals surface area contributed by atoms with Gasteiger partial charge in [0.2, 0.25) is 0 Å². The van der Waals surface area contributed by atoms with Gasteiger partial charge in [0.25, 0.3) is 0 Å². The van der Waals surface area contributed by atoms with Gasteiger partial charge >= 0.3 is 0 Å². The van der Waals surface area contributed by atoms with Crippen molar-refractivity contribution in [2.75, 3.05) is 32.8 Å². The van der Waals surface area contributed by atoms with Crippen molar-refractivity contribution in [1.82, 2.24) is 10.2 Å². The number of ether oxygens (including phenoxy) is 1. The molecular weight excluding hydrogens is 224 g/mol. The second-order valence-corrected chi connectivity index (χ2v) is 7.28. The fourth-order valence-corrected chi connectivity index (χ4v) is 4.04. The zero-order valence-corrected chi connectivity index (χ0v) is 12.0. The lowest BCUT2D eigenvalue weighted by atomic mass is 9.86. The van der Waals surface area contributed by atoms with Gasteiger partial charge in [-0.2, -0.15) is 0 Å². The highest BCUT2D eigenvalue weighted by Gasteiger charge is 2.46. The molecule has 1 aliphatic carbocycles. The lowest BCUT2D eigenvalue weighted by Crippen LogP contribution is -2.68. The largest absolute Gasteiger partial charge is 0.381 e. The third kappa shape index (κ3) is 2.45. The Bertz CT molecular complexity index is 291. The van der Waals surface area contributed by atoms with E-state index in [2.05, 4.69) is 24.1 Å². The molecule has 18 heavy (non-hydrogen) atoms. The minimum absolute atomic E-state index is 0.271. The number of nitrogens with one attached hydrogen (secondary N) is 1. The van der Waals surface area contributed by atoms with Gasteiger partial charge in [0.1, 0.15) is 0 Å². The zero-order valence-electron chi connectivity index (χ0n) is 12.0. The van der Waals surface area contributed by atoms with E-state index in [4.69, 9.17) is 4.74 Å². The van der Waals surface area contributed by atoms with Crippen molar-refractivity contribution in [3.05, 3.63) is 0 Å². The second kappa shape index (κ2) is 4.77. The van der Waals surface area contributed by atoms with E-state index in [0.717, 1.165) is 19.1 Å². The van der Waals surface area contributed by atoms with Crippen LogP contribution in [0.4, 0.5) is 0 Å². The predicted molar refractivity (Wildman–Crippen MR) is 73.8 cm³/mol. The van der Waals surface area contributed by atoms with Gasteiger partial charge in [-0.15, -0.1) is 0 Å². The molecule has 3 fully saturated rings. The summed E-state index contributed by atoms with van der Waals surface area (Å²) in [5, 5.41) is 3.77. The summed E-state index contributed by atoms with van der Waals surface area (Å²) in [4.78, 5) is 2.82. The van der Waals surface area contributed by atoms with E-state index >= 15 is 0 Å². The first-order valence-corrected chi connectivity index (χ1v) is 7.68. The molecule has 1 N–H and O–H groups in total. The van der Waals surface area contributed by atoms with Gasteiger partial charge in [-0.05, 0) is 39.0 Å². The summed E-state index contributed by atoms with van der Waals surface area (Å²) in [6.07, 6.45) is 6.88. The number of nitrogens with zero attached hydrogens (tertiary/aromatic N) is 1. The first kappa shape index (κ1) is 12.9. The van der Waals surface area contributed by atoms with E-state index in [-0.39, 0.29) is 5.54 Å². The molecule has 1 saturated carbocycles. The Hall–Kier alpha value is -0.120. The van der Waals surface area contributed by atoms with Crippen LogP contribution in [0.5, 0.6) is 0 Å². The molecule has 0 aromatic carbocycles. The maximum atomic E-state index is 5.56. The van der Waals surface area contributed by atoms with E-state index in [0.29, 0.717) is 5.54 Å². The normalized spacial score (nSPS) is 35.3. The fraction of sp³-hybridized carbons (Fsp3) is 1.00. The van der Waals surface area contributed by atoms with Crippen LogP contribution in [0.3, 0.4) is 0 Å². The van der Waals surface area contributed by atoms with Gasteiger partial charge in [-0.1, -0.05) is 12.8 Å². The van der Waals surface area contributed by atoms with Gasteiger partial charge in [-0.25, -0.2) is 0 Å². The van der Waals surface area contributed by atoms with E-state index < -0.39 is 0 Å². The Morgan fingerprint density at radius 2 is 2.06 bits per heavy atom. The van der Waals surface area contributed by atoms with Crippen LogP contribution in [0, 0.1) is 5.92 Å². The van der Waals surface area contributed by atoms with Gasteiger partial charge in [0.15, 0.2) is 0 Å². The molecule has 104 valence electrons. The molecule has 2 heterocycles. The molecule has 1 spiro atoms. The molecule has 0 aromatic heterocycles. The van der Waals surface area contributed by atoms with E-state index in [1.807, 2.05) is 0 Å². The molecule has 0 radical (unpaired) electrons. The molecule has 2 aliphatic heterocycles. The smallest absolute Gasteiger partial charge is 0.0507 e. The summed E-state index contributed by atoms with van der Waals surface area (Å²) < 4.78 is 5.56. The standard InChI is InChI=1S/C15H28N2O/c1-14(2)12-17(9-13-5-8-18-10-13)15(11-16-14)6-3-4-7-15/h13,16H,3-12H2,1-2H3. The van der Waals surface area contributed by atoms with E-state index in [1.165, 1.54) is 51.7 Å². The van der Waals surface area contributed by atoms with Gasteiger partial charge in [0.05, 0.1) is 6.61 Å². The lowest BCUT2D eigenvalue weighted by Gasteiger charge is -2.52. The highest BCUT2D eigenvalue weighted by atomic mass is 16.5. The fourth-order valence-electron chi connectivity index (χ4n) is 4.04. The molecule has 3 aliphatic rings. The van der Waals surface area contributed by atoms with Crippen molar-refractivity contribution in [2.45, 2.75) is 57.0 Å². The molecule has 1 unspecified atom stereocenters. The van der Waals surface area contributed by atoms with Crippen molar-refractivity contribution in [2.24, 2.45) is 5.92 Å². The molecule has 3 heteroatoms. The average Bonchev–Trinajstić information content (AvgIpc) is 2.95. The number of hydrogen-bond acceptors (Lipinski definition) is 3. The SMILES string of the molecule is CC1(C)CN(CC2CCOC2)C2(CCCC2)CN1. The third-order valence-corrected chi connectivity index (χ3v) is 5.19. The first-order chi connectivity index (χ1) is 8.60. The van der Waals surface area contributed by atoms with Gasteiger partial charge in [-0.3, -0.25) is 4.90 Å². The molecular formula is C15H28N2O. The molecule has 0 amide bonds. The summed E-state index contributed by atoms with van der Waals surface area (Å²) in [6.45, 7) is 10.3. The van der Waals surface area contributed by atoms with Crippen LogP contribution >= 0.6 is 0 Å². The van der Waals surface area contributed by atoms with Crippen LogP contribution in [-0.4, -0.2) is 48.8 Å². The molecule has 3 rings (SSSR count). The monoisotopic (exact) mass is 252 g/mol. The molecule has 2 saturated heterocycles. The quantitative estimate of drug-likeness (QED) is 0.814. The van der Waals surface area contributed by atoms with Crippen LogP contribution in [0.2, 0.25) is 0 Å². The Morgan fingerprint density at radius 1 is 1.28 bits per heavy atom. The number of hydrogen-bond donors (Lipinski definition) is 1. The van der Waals surface area contributed by atoms with Crippen molar-refractivity contribution in [1.29, 1.82) is 0 Å². The Balaban J connectivity index is 1.72. The summed E-state index contributed by atoms with van der Waals surface area (Å²) in [6, 6.07) is 0. The van der Waals surface area contributed by atoms with Crippen LogP contribution in [0.25, 0.3) is 0 Å². The average molecular weight is 252 g/mol. The number of rotatable bonds is 2. The molecule has 3 nitrogen and oxygen atoms in total. The zero-order chi connectivity index (χ0) is 12.6. The summed E-state index contributed by atoms with van der Waals surface area (Å²) in [7, 11) is 0. The van der Waals surface area contributed by atoms with Gasteiger partial charge < -0.3 is 10.1 Å². The minimum atomic E-state index is 0.271. The lowest BCUT2D eigenvalue weighted by molar-refractivity contribution is 0.00589. The van der Waals surface area contributed by atoms with Crippen molar-refractivity contribution < 1.29 is 4.74 Å². The van der Waals surface area contributed by atoms with Crippen LogP contribution in [-0.2, 0) is 4.74 Å². The molecule has 0 bridgehead atoms. The summed E-state index contributed by atoms with van der Waals surface area (Å²) >= 11 is 0. The van der Waals surface area contributed by atoms with E-state index in [9.17, 15) is 0 Å². The Labute approximate surface area is 111 Å². The highest BCUT2D eigenvalue weighted by molar-refractivity contribution is 5.05. The van der Waals surface area contributed by atoms with Gasteiger partial charge in [0, 0.05) is 37.3 Å². The minimum Gasteiger partial charge on any atom is -0.381 e. The second-order valence-electron chi connectivity index (χ2n) is 7.28. The number of piperazine rings is 1. The van der Waals surface area contributed by atoms with Crippen molar-refractivity contribution in [3.63, 3.8) is 0 Å². The topological polar surface area (TPSA) is 24.5 Å².